The molecule has 28 heavy (non-hydrogen) atoms. The van der Waals surface area contributed by atoms with Gasteiger partial charge in [0.2, 0.25) is 5.91 Å². The molecule has 4 heterocycles. The SMILES string of the molecule is CN(C)C(=O)N1CC2(CCN(C(=O)c3cccnc3)CC2)C2(CCNC2=O)C1. The summed E-state index contributed by atoms with van der Waals surface area (Å²) >= 11 is 0. The maximum Gasteiger partial charge on any atom is 0.319 e. The van der Waals surface area contributed by atoms with E-state index in [0.29, 0.717) is 38.3 Å². The number of nitrogens with one attached hydrogen (secondary N) is 1. The number of carbonyl (C=O) groups is 3. The molecule has 1 aromatic heterocycles. The zero-order valence-electron chi connectivity index (χ0n) is 16.5. The Kier molecular flexibility index (Phi) is 4.51. The Labute approximate surface area is 164 Å². The van der Waals surface area contributed by atoms with Crippen molar-refractivity contribution in [3.8, 4) is 0 Å². The number of nitrogens with zero attached hydrogens (tertiary/aromatic N) is 4. The van der Waals surface area contributed by atoms with Crippen LogP contribution in [0.25, 0.3) is 0 Å². The number of pyridine rings is 1. The lowest BCUT2D eigenvalue weighted by molar-refractivity contribution is -0.133. The number of hydrogen-bond donors (Lipinski definition) is 1. The molecule has 0 aliphatic carbocycles. The summed E-state index contributed by atoms with van der Waals surface area (Å²) < 4.78 is 0. The van der Waals surface area contributed by atoms with Crippen LogP contribution in [0.5, 0.6) is 0 Å². The second kappa shape index (κ2) is 6.76. The van der Waals surface area contributed by atoms with Gasteiger partial charge in [-0.05, 0) is 31.4 Å². The van der Waals surface area contributed by atoms with E-state index in [0.717, 1.165) is 19.3 Å². The largest absolute Gasteiger partial charge is 0.356 e. The van der Waals surface area contributed by atoms with Gasteiger partial charge in [-0.3, -0.25) is 14.6 Å². The standard InChI is InChI=1S/C20H27N5O3/c1-23(2)18(28)25-13-19(20(14-25)5-9-22-17(20)27)6-10-24(11-7-19)16(26)15-4-3-8-21-12-15/h3-4,8,12H,5-7,9-11,13-14H2,1-2H3,(H,22,27). The molecule has 0 radical (unpaired) electrons. The van der Waals surface area contributed by atoms with Gasteiger partial charge in [0.1, 0.15) is 0 Å². The summed E-state index contributed by atoms with van der Waals surface area (Å²) in [7, 11) is 3.48. The molecule has 3 aliphatic rings. The van der Waals surface area contributed by atoms with Crippen molar-refractivity contribution >= 4 is 17.8 Å². The molecule has 4 amide bonds. The molecule has 0 bridgehead atoms. The van der Waals surface area contributed by atoms with Crippen LogP contribution in [0.1, 0.15) is 29.6 Å². The van der Waals surface area contributed by atoms with Crippen molar-refractivity contribution in [2.24, 2.45) is 10.8 Å². The molecule has 1 unspecified atom stereocenters. The number of urea groups is 1. The zero-order valence-corrected chi connectivity index (χ0v) is 16.5. The first-order chi connectivity index (χ1) is 13.4. The third kappa shape index (κ3) is 2.73. The minimum absolute atomic E-state index is 0.0212. The lowest BCUT2D eigenvalue weighted by atomic mass is 9.60. The molecule has 1 atom stereocenters. The number of rotatable bonds is 1. The van der Waals surface area contributed by atoms with Crippen LogP contribution in [-0.2, 0) is 4.79 Å². The van der Waals surface area contributed by atoms with E-state index in [-0.39, 0.29) is 23.3 Å². The molecule has 1 aromatic rings. The number of aromatic nitrogens is 1. The van der Waals surface area contributed by atoms with E-state index in [1.807, 2.05) is 9.80 Å². The Balaban J connectivity index is 1.56. The van der Waals surface area contributed by atoms with E-state index in [1.165, 1.54) is 0 Å². The van der Waals surface area contributed by atoms with Crippen LogP contribution in [0.15, 0.2) is 24.5 Å². The van der Waals surface area contributed by atoms with Crippen LogP contribution in [0.3, 0.4) is 0 Å². The summed E-state index contributed by atoms with van der Waals surface area (Å²) in [5, 5.41) is 2.99. The molecule has 4 rings (SSSR count). The summed E-state index contributed by atoms with van der Waals surface area (Å²) in [5.41, 5.74) is -0.227. The molecule has 8 heteroatoms. The lowest BCUT2D eigenvalue weighted by Crippen LogP contribution is -2.53. The molecule has 0 aromatic carbocycles. The molecule has 0 saturated carbocycles. The highest BCUT2D eigenvalue weighted by molar-refractivity contribution is 5.94. The Morgan fingerprint density at radius 1 is 1.14 bits per heavy atom. The van der Waals surface area contributed by atoms with Crippen LogP contribution in [0, 0.1) is 10.8 Å². The number of likely N-dealkylation sites (tertiary alicyclic amines) is 2. The average Bonchev–Trinajstić information content (AvgIpc) is 3.23. The van der Waals surface area contributed by atoms with Crippen molar-refractivity contribution in [1.82, 2.24) is 25.0 Å². The van der Waals surface area contributed by atoms with Crippen LogP contribution < -0.4 is 5.32 Å². The van der Waals surface area contributed by atoms with E-state index in [9.17, 15) is 14.4 Å². The Morgan fingerprint density at radius 2 is 1.89 bits per heavy atom. The fraction of sp³-hybridized carbons (Fsp3) is 0.600. The zero-order chi connectivity index (χ0) is 19.9. The van der Waals surface area contributed by atoms with Gasteiger partial charge in [-0.2, -0.15) is 0 Å². The highest BCUT2D eigenvalue weighted by Gasteiger charge is 2.64. The monoisotopic (exact) mass is 385 g/mol. The topological polar surface area (TPSA) is 85.8 Å². The normalized spacial score (nSPS) is 26.0. The highest BCUT2D eigenvalue weighted by atomic mass is 16.2. The molecular weight excluding hydrogens is 358 g/mol. The van der Waals surface area contributed by atoms with Crippen LogP contribution >= 0.6 is 0 Å². The lowest BCUT2D eigenvalue weighted by Gasteiger charge is -2.46. The third-order valence-electron chi connectivity index (χ3n) is 6.81. The first kappa shape index (κ1) is 18.7. The number of hydrogen-bond acceptors (Lipinski definition) is 4. The van der Waals surface area contributed by atoms with E-state index < -0.39 is 5.41 Å². The van der Waals surface area contributed by atoms with Crippen molar-refractivity contribution in [3.63, 3.8) is 0 Å². The van der Waals surface area contributed by atoms with Crippen molar-refractivity contribution in [2.45, 2.75) is 19.3 Å². The summed E-state index contributed by atoms with van der Waals surface area (Å²) in [4.78, 5) is 47.6. The maximum atomic E-state index is 12.9. The summed E-state index contributed by atoms with van der Waals surface area (Å²) in [5.74, 6) is 0.0423. The number of piperidine rings is 1. The number of amides is 4. The van der Waals surface area contributed by atoms with E-state index in [1.54, 1.807) is 43.5 Å². The van der Waals surface area contributed by atoms with Gasteiger partial charge in [0.15, 0.2) is 0 Å². The predicted octanol–water partition coefficient (Wildman–Crippen LogP) is 0.808. The van der Waals surface area contributed by atoms with Gasteiger partial charge in [-0.25, -0.2) is 4.79 Å². The first-order valence-electron chi connectivity index (χ1n) is 9.82. The van der Waals surface area contributed by atoms with Gasteiger partial charge in [0.25, 0.3) is 5.91 Å². The van der Waals surface area contributed by atoms with Crippen LogP contribution in [-0.4, -0.2) is 84.3 Å². The number of fused-ring (bicyclic) bond motifs is 1. The average molecular weight is 385 g/mol. The van der Waals surface area contributed by atoms with Crippen molar-refractivity contribution < 1.29 is 14.4 Å². The summed E-state index contributed by atoms with van der Waals surface area (Å²) in [6.07, 6.45) is 5.44. The Hall–Kier alpha value is -2.64. The van der Waals surface area contributed by atoms with Gasteiger partial charge in [-0.1, -0.05) is 0 Å². The van der Waals surface area contributed by atoms with Gasteiger partial charge in [0.05, 0.1) is 11.0 Å². The van der Waals surface area contributed by atoms with E-state index in [2.05, 4.69) is 10.3 Å². The fourth-order valence-corrected chi connectivity index (χ4v) is 5.26. The van der Waals surface area contributed by atoms with Crippen molar-refractivity contribution in [3.05, 3.63) is 30.1 Å². The fourth-order valence-electron chi connectivity index (χ4n) is 5.26. The van der Waals surface area contributed by atoms with E-state index in [4.69, 9.17) is 0 Å². The Morgan fingerprint density at radius 3 is 2.46 bits per heavy atom. The quantitative estimate of drug-likeness (QED) is 0.775. The van der Waals surface area contributed by atoms with Crippen molar-refractivity contribution in [1.29, 1.82) is 0 Å². The second-order valence-electron chi connectivity index (χ2n) is 8.44. The van der Waals surface area contributed by atoms with Gasteiger partial charge in [-0.15, -0.1) is 0 Å². The molecule has 3 saturated heterocycles. The van der Waals surface area contributed by atoms with Gasteiger partial charge in [0, 0.05) is 64.6 Å². The summed E-state index contributed by atoms with van der Waals surface area (Å²) in [6.45, 7) is 2.88. The van der Waals surface area contributed by atoms with Crippen LogP contribution in [0.2, 0.25) is 0 Å². The second-order valence-corrected chi connectivity index (χ2v) is 8.44. The Bertz CT molecular complexity index is 788. The maximum absolute atomic E-state index is 12.9. The smallest absolute Gasteiger partial charge is 0.319 e. The first-order valence-corrected chi connectivity index (χ1v) is 9.82. The van der Waals surface area contributed by atoms with Crippen LogP contribution in [0.4, 0.5) is 4.79 Å². The molecule has 150 valence electrons. The third-order valence-corrected chi connectivity index (χ3v) is 6.81. The minimum atomic E-state index is -0.540. The molecule has 3 aliphatic heterocycles. The predicted molar refractivity (Wildman–Crippen MR) is 103 cm³/mol. The minimum Gasteiger partial charge on any atom is -0.356 e. The highest BCUT2D eigenvalue weighted by Crippen LogP contribution is 2.56. The van der Waals surface area contributed by atoms with Gasteiger partial charge < -0.3 is 20.0 Å². The summed E-state index contributed by atoms with van der Waals surface area (Å²) in [6, 6.07) is 3.49. The molecular formula is C20H27N5O3. The van der Waals surface area contributed by atoms with Gasteiger partial charge >= 0.3 is 6.03 Å². The van der Waals surface area contributed by atoms with Crippen molar-refractivity contribution in [2.75, 3.05) is 46.8 Å². The molecule has 1 N–H and O–H groups in total. The van der Waals surface area contributed by atoms with E-state index >= 15 is 0 Å². The number of carbonyl (C=O) groups excluding carboxylic acids is 3. The molecule has 2 spiro atoms. The molecule has 3 fully saturated rings. The molecule has 8 nitrogen and oxygen atoms in total.